The van der Waals surface area contributed by atoms with E-state index in [1.54, 1.807) is 12.1 Å². The van der Waals surface area contributed by atoms with Crippen molar-refractivity contribution in [3.8, 4) is 23.0 Å². The van der Waals surface area contributed by atoms with Crippen LogP contribution in [0.4, 0.5) is 0 Å². The Labute approximate surface area is 145 Å². The molecule has 2 aromatic rings. The molecule has 0 saturated carbocycles. The maximum Gasteiger partial charge on any atom is 0.347 e. The molecule has 0 aromatic heterocycles. The number of rotatable bonds is 6. The van der Waals surface area contributed by atoms with E-state index >= 15 is 0 Å². The molecule has 0 saturated heterocycles. The molecule has 0 aliphatic heterocycles. The smallest absolute Gasteiger partial charge is 0.347 e. The minimum Gasteiger partial charge on any atom is -0.496 e. The molecule has 0 spiro atoms. The van der Waals surface area contributed by atoms with Gasteiger partial charge < -0.3 is 23.7 Å². The number of esters is 2. The zero-order valence-electron chi connectivity index (χ0n) is 14.3. The molecular formula is C18H18O7. The largest absolute Gasteiger partial charge is 0.496 e. The van der Waals surface area contributed by atoms with Gasteiger partial charge in [-0.2, -0.15) is 0 Å². The molecule has 2 aromatic carbocycles. The lowest BCUT2D eigenvalue weighted by atomic mass is 10.1. The molecule has 0 aliphatic carbocycles. The molecule has 0 radical (unpaired) electrons. The van der Waals surface area contributed by atoms with Crippen LogP contribution in [0, 0.1) is 0 Å². The normalized spacial score (nSPS) is 9.92. The van der Waals surface area contributed by atoms with E-state index in [1.165, 1.54) is 52.7 Å². The summed E-state index contributed by atoms with van der Waals surface area (Å²) in [7, 11) is 5.59. The van der Waals surface area contributed by atoms with Crippen LogP contribution < -0.4 is 18.9 Å². The minimum atomic E-state index is -0.714. The predicted octanol–water partition coefficient (Wildman–Crippen LogP) is 2.72. The zero-order valence-corrected chi connectivity index (χ0v) is 14.3. The van der Waals surface area contributed by atoms with Crippen molar-refractivity contribution in [3.05, 3.63) is 47.5 Å². The molecule has 2 rings (SSSR count). The van der Waals surface area contributed by atoms with E-state index in [9.17, 15) is 9.59 Å². The van der Waals surface area contributed by atoms with Crippen LogP contribution in [-0.4, -0.2) is 40.4 Å². The Kier molecular flexibility index (Phi) is 5.84. The van der Waals surface area contributed by atoms with Crippen molar-refractivity contribution < 1.29 is 33.3 Å². The summed E-state index contributed by atoms with van der Waals surface area (Å²) in [5.74, 6) is -0.242. The standard InChI is InChI=1S/C18H18O7/c1-21-14-10-16(23-3)15(22-2)9-12(14)18(20)25-13-8-6-5-7-11(13)17(19)24-4/h5-10H,1-4H3. The zero-order chi connectivity index (χ0) is 18.4. The Morgan fingerprint density at radius 3 is 1.88 bits per heavy atom. The van der Waals surface area contributed by atoms with E-state index in [2.05, 4.69) is 4.74 Å². The SMILES string of the molecule is COC(=O)c1ccccc1OC(=O)c1cc(OC)c(OC)cc1OC. The van der Waals surface area contributed by atoms with Gasteiger partial charge in [-0.05, 0) is 12.1 Å². The van der Waals surface area contributed by atoms with Crippen molar-refractivity contribution in [3.63, 3.8) is 0 Å². The maximum absolute atomic E-state index is 12.6. The first kappa shape index (κ1) is 18.1. The number of ether oxygens (including phenoxy) is 5. The van der Waals surface area contributed by atoms with Crippen molar-refractivity contribution in [1.82, 2.24) is 0 Å². The van der Waals surface area contributed by atoms with Gasteiger partial charge in [-0.15, -0.1) is 0 Å². The monoisotopic (exact) mass is 346 g/mol. The second-order valence-corrected chi connectivity index (χ2v) is 4.78. The molecule has 25 heavy (non-hydrogen) atoms. The molecular weight excluding hydrogens is 328 g/mol. The van der Waals surface area contributed by atoms with Crippen molar-refractivity contribution in [2.45, 2.75) is 0 Å². The summed E-state index contributed by atoms with van der Waals surface area (Å²) in [6, 6.07) is 9.24. The minimum absolute atomic E-state index is 0.0798. The van der Waals surface area contributed by atoms with Crippen molar-refractivity contribution in [2.75, 3.05) is 28.4 Å². The third-order valence-corrected chi connectivity index (χ3v) is 3.42. The fourth-order valence-corrected chi connectivity index (χ4v) is 2.18. The average Bonchev–Trinajstić information content (AvgIpc) is 2.66. The summed E-state index contributed by atoms with van der Waals surface area (Å²) in [6.45, 7) is 0. The first-order valence-corrected chi connectivity index (χ1v) is 7.25. The number of para-hydroxylation sites is 1. The maximum atomic E-state index is 12.6. The molecule has 0 atom stereocenters. The predicted molar refractivity (Wildman–Crippen MR) is 88.8 cm³/mol. The highest BCUT2D eigenvalue weighted by Gasteiger charge is 2.22. The van der Waals surface area contributed by atoms with E-state index in [0.717, 1.165) is 0 Å². The van der Waals surface area contributed by atoms with Gasteiger partial charge in [0.25, 0.3) is 0 Å². The molecule has 132 valence electrons. The summed E-state index contributed by atoms with van der Waals surface area (Å²) in [4.78, 5) is 24.4. The fourth-order valence-electron chi connectivity index (χ4n) is 2.18. The van der Waals surface area contributed by atoms with Gasteiger partial charge in [0.2, 0.25) is 0 Å². The van der Waals surface area contributed by atoms with E-state index in [4.69, 9.17) is 18.9 Å². The Morgan fingerprint density at radius 1 is 0.680 bits per heavy atom. The van der Waals surface area contributed by atoms with Gasteiger partial charge in [-0.25, -0.2) is 9.59 Å². The van der Waals surface area contributed by atoms with Gasteiger partial charge in [0, 0.05) is 12.1 Å². The van der Waals surface area contributed by atoms with Crippen LogP contribution in [0.3, 0.4) is 0 Å². The first-order chi connectivity index (χ1) is 12.0. The highest BCUT2D eigenvalue weighted by molar-refractivity contribution is 5.98. The number of benzene rings is 2. The number of methoxy groups -OCH3 is 4. The highest BCUT2D eigenvalue weighted by Crippen LogP contribution is 2.35. The molecule has 0 amide bonds. The molecule has 7 heteroatoms. The first-order valence-electron chi connectivity index (χ1n) is 7.25. The topological polar surface area (TPSA) is 80.3 Å². The summed E-state index contributed by atoms with van der Waals surface area (Å²) >= 11 is 0. The Bertz CT molecular complexity index is 783. The summed E-state index contributed by atoms with van der Waals surface area (Å²) < 4.78 is 25.6. The Balaban J connectivity index is 2.41. The molecule has 0 heterocycles. The third kappa shape index (κ3) is 3.82. The van der Waals surface area contributed by atoms with Crippen LogP contribution in [0.25, 0.3) is 0 Å². The lowest BCUT2D eigenvalue weighted by Crippen LogP contribution is -2.13. The van der Waals surface area contributed by atoms with Crippen LogP contribution in [0.5, 0.6) is 23.0 Å². The summed E-state index contributed by atoms with van der Waals surface area (Å²) in [5.41, 5.74) is 0.262. The van der Waals surface area contributed by atoms with Gasteiger partial charge in [0.15, 0.2) is 11.5 Å². The van der Waals surface area contributed by atoms with E-state index in [-0.39, 0.29) is 22.6 Å². The van der Waals surface area contributed by atoms with Gasteiger partial charge >= 0.3 is 11.9 Å². The lowest BCUT2D eigenvalue weighted by Gasteiger charge is -2.14. The van der Waals surface area contributed by atoms with Crippen molar-refractivity contribution >= 4 is 11.9 Å². The lowest BCUT2D eigenvalue weighted by molar-refractivity contribution is 0.0593. The second-order valence-electron chi connectivity index (χ2n) is 4.78. The fraction of sp³-hybridized carbons (Fsp3) is 0.222. The molecule has 0 aliphatic rings. The Hall–Kier alpha value is -3.22. The van der Waals surface area contributed by atoms with Crippen LogP contribution in [0.1, 0.15) is 20.7 Å². The van der Waals surface area contributed by atoms with E-state index in [1.807, 2.05) is 0 Å². The molecule has 0 N–H and O–H groups in total. The van der Waals surface area contributed by atoms with Gasteiger partial charge in [-0.3, -0.25) is 0 Å². The number of hydrogen-bond acceptors (Lipinski definition) is 7. The van der Waals surface area contributed by atoms with Gasteiger partial charge in [0.05, 0.1) is 28.4 Å². The van der Waals surface area contributed by atoms with Crippen LogP contribution in [0.15, 0.2) is 36.4 Å². The quantitative estimate of drug-likeness (QED) is 0.587. The van der Waals surface area contributed by atoms with Crippen LogP contribution in [0.2, 0.25) is 0 Å². The number of hydrogen-bond donors (Lipinski definition) is 0. The van der Waals surface area contributed by atoms with Gasteiger partial charge in [0.1, 0.15) is 22.6 Å². The molecule has 0 fully saturated rings. The second kappa shape index (κ2) is 8.05. The molecule has 7 nitrogen and oxygen atoms in total. The highest BCUT2D eigenvalue weighted by atomic mass is 16.5. The third-order valence-electron chi connectivity index (χ3n) is 3.42. The molecule has 0 unspecified atom stereocenters. The van der Waals surface area contributed by atoms with Crippen LogP contribution in [-0.2, 0) is 4.74 Å². The van der Waals surface area contributed by atoms with Crippen molar-refractivity contribution in [2.24, 2.45) is 0 Å². The van der Waals surface area contributed by atoms with Crippen LogP contribution >= 0.6 is 0 Å². The van der Waals surface area contributed by atoms with E-state index < -0.39 is 11.9 Å². The number of carbonyl (C=O) groups excluding carboxylic acids is 2. The Morgan fingerprint density at radius 2 is 1.28 bits per heavy atom. The van der Waals surface area contributed by atoms with Crippen molar-refractivity contribution in [1.29, 1.82) is 0 Å². The summed E-state index contributed by atoms with van der Waals surface area (Å²) in [5, 5.41) is 0. The molecule has 0 bridgehead atoms. The van der Waals surface area contributed by atoms with Gasteiger partial charge in [-0.1, -0.05) is 12.1 Å². The summed E-state index contributed by atoms with van der Waals surface area (Å²) in [6.07, 6.45) is 0. The average molecular weight is 346 g/mol. The van der Waals surface area contributed by atoms with E-state index in [0.29, 0.717) is 11.5 Å². The number of carbonyl (C=O) groups is 2.